The average Bonchev–Trinajstić information content (AvgIpc) is 2.97. The van der Waals surface area contributed by atoms with Crippen LogP contribution in [0.15, 0.2) is 48.5 Å². The number of urea groups is 1. The van der Waals surface area contributed by atoms with Crippen LogP contribution in [0.2, 0.25) is 0 Å². The molecule has 0 aliphatic carbocycles. The molecule has 4 amide bonds. The summed E-state index contributed by atoms with van der Waals surface area (Å²) in [6.07, 6.45) is 0.267. The number of rotatable bonds is 4. The molecule has 0 saturated carbocycles. The standard InChI is InChI=1S/C20H22N4O3/c1-13-3-9-18(10-4-13)24-12-17(11-19(24)26)23-20(27)22-16-7-5-15(6-8-16)21-14(2)25/h3-10,17H,11-12H2,1-2H3,(H,21,25)(H2,22,23,27). The molecular formula is C20H22N4O3. The van der Waals surface area contributed by atoms with Crippen molar-refractivity contribution < 1.29 is 14.4 Å². The zero-order valence-corrected chi connectivity index (χ0v) is 15.3. The van der Waals surface area contributed by atoms with Crippen LogP contribution < -0.4 is 20.9 Å². The molecule has 0 spiro atoms. The van der Waals surface area contributed by atoms with Crippen molar-refractivity contribution in [2.45, 2.75) is 26.3 Å². The van der Waals surface area contributed by atoms with Crippen molar-refractivity contribution in [2.75, 3.05) is 22.1 Å². The number of hydrogen-bond donors (Lipinski definition) is 3. The summed E-state index contributed by atoms with van der Waals surface area (Å²) < 4.78 is 0. The monoisotopic (exact) mass is 366 g/mol. The maximum absolute atomic E-state index is 12.3. The quantitative estimate of drug-likeness (QED) is 0.777. The Morgan fingerprint density at radius 3 is 2.15 bits per heavy atom. The lowest BCUT2D eigenvalue weighted by atomic mass is 10.2. The summed E-state index contributed by atoms with van der Waals surface area (Å²) in [5.41, 5.74) is 3.22. The van der Waals surface area contributed by atoms with Crippen molar-refractivity contribution in [2.24, 2.45) is 0 Å². The summed E-state index contributed by atoms with van der Waals surface area (Å²) in [6.45, 7) is 3.87. The van der Waals surface area contributed by atoms with E-state index >= 15 is 0 Å². The first kappa shape index (κ1) is 18.4. The highest BCUT2D eigenvalue weighted by Crippen LogP contribution is 2.22. The van der Waals surface area contributed by atoms with Gasteiger partial charge in [-0.25, -0.2) is 4.79 Å². The van der Waals surface area contributed by atoms with E-state index in [2.05, 4.69) is 16.0 Å². The Hall–Kier alpha value is -3.35. The molecular weight excluding hydrogens is 344 g/mol. The topological polar surface area (TPSA) is 90.5 Å². The summed E-state index contributed by atoms with van der Waals surface area (Å²) in [4.78, 5) is 37.2. The molecule has 1 saturated heterocycles. The highest BCUT2D eigenvalue weighted by atomic mass is 16.2. The third-order valence-corrected chi connectivity index (χ3v) is 4.27. The molecule has 140 valence electrons. The Morgan fingerprint density at radius 1 is 0.963 bits per heavy atom. The molecule has 0 bridgehead atoms. The van der Waals surface area contributed by atoms with Gasteiger partial charge in [-0.15, -0.1) is 0 Å². The Bertz CT molecular complexity index is 847. The first-order chi connectivity index (χ1) is 12.9. The summed E-state index contributed by atoms with van der Waals surface area (Å²) in [5, 5.41) is 8.23. The number of benzene rings is 2. The van der Waals surface area contributed by atoms with E-state index in [1.165, 1.54) is 6.92 Å². The summed E-state index contributed by atoms with van der Waals surface area (Å²) in [6, 6.07) is 13.9. The second-order valence-electron chi connectivity index (χ2n) is 6.60. The van der Waals surface area contributed by atoms with E-state index < -0.39 is 0 Å². The van der Waals surface area contributed by atoms with Crippen LogP contribution in [0.4, 0.5) is 21.9 Å². The molecule has 0 aromatic heterocycles. The lowest BCUT2D eigenvalue weighted by Gasteiger charge is -2.17. The normalized spacial score (nSPS) is 16.1. The maximum atomic E-state index is 12.3. The summed E-state index contributed by atoms with van der Waals surface area (Å²) in [5.74, 6) is -0.165. The van der Waals surface area contributed by atoms with Crippen LogP contribution >= 0.6 is 0 Å². The fourth-order valence-electron chi connectivity index (χ4n) is 2.97. The SMILES string of the molecule is CC(=O)Nc1ccc(NC(=O)NC2CC(=O)N(c3ccc(C)cc3)C2)cc1. The van der Waals surface area contributed by atoms with Crippen molar-refractivity contribution in [3.8, 4) is 0 Å². The van der Waals surface area contributed by atoms with E-state index in [1.807, 2.05) is 31.2 Å². The molecule has 1 heterocycles. The van der Waals surface area contributed by atoms with Crippen molar-refractivity contribution in [3.05, 3.63) is 54.1 Å². The van der Waals surface area contributed by atoms with Gasteiger partial charge in [-0.2, -0.15) is 0 Å². The van der Waals surface area contributed by atoms with Crippen LogP contribution in [0, 0.1) is 6.92 Å². The van der Waals surface area contributed by atoms with E-state index in [0.29, 0.717) is 17.9 Å². The molecule has 0 radical (unpaired) electrons. The largest absolute Gasteiger partial charge is 0.333 e. The van der Waals surface area contributed by atoms with Gasteiger partial charge in [0.25, 0.3) is 0 Å². The smallest absolute Gasteiger partial charge is 0.319 e. The van der Waals surface area contributed by atoms with Crippen LogP contribution in [0.1, 0.15) is 18.9 Å². The van der Waals surface area contributed by atoms with E-state index in [4.69, 9.17) is 0 Å². The first-order valence-corrected chi connectivity index (χ1v) is 8.73. The Kier molecular flexibility index (Phi) is 5.40. The predicted octanol–water partition coefficient (Wildman–Crippen LogP) is 2.88. The fraction of sp³-hybridized carbons (Fsp3) is 0.250. The second-order valence-corrected chi connectivity index (χ2v) is 6.60. The van der Waals surface area contributed by atoms with Crippen LogP contribution in [0.5, 0.6) is 0 Å². The van der Waals surface area contributed by atoms with Gasteiger partial charge in [-0.1, -0.05) is 17.7 Å². The van der Waals surface area contributed by atoms with Gasteiger partial charge in [0.2, 0.25) is 11.8 Å². The van der Waals surface area contributed by atoms with Crippen molar-refractivity contribution in [3.63, 3.8) is 0 Å². The molecule has 3 rings (SSSR count). The summed E-state index contributed by atoms with van der Waals surface area (Å²) in [7, 11) is 0. The minimum Gasteiger partial charge on any atom is -0.333 e. The minimum atomic E-state index is -0.370. The van der Waals surface area contributed by atoms with Crippen LogP contribution in [-0.2, 0) is 9.59 Å². The van der Waals surface area contributed by atoms with Crippen LogP contribution in [0.3, 0.4) is 0 Å². The number of aryl methyl sites for hydroxylation is 1. The van der Waals surface area contributed by atoms with Gasteiger partial charge in [0.1, 0.15) is 0 Å². The molecule has 2 aromatic carbocycles. The highest BCUT2D eigenvalue weighted by molar-refractivity contribution is 5.97. The van der Waals surface area contributed by atoms with E-state index in [1.54, 1.807) is 29.2 Å². The lowest BCUT2D eigenvalue weighted by molar-refractivity contribution is -0.117. The average molecular weight is 366 g/mol. The number of nitrogens with one attached hydrogen (secondary N) is 3. The van der Waals surface area contributed by atoms with E-state index in [-0.39, 0.29) is 30.3 Å². The number of anilines is 3. The molecule has 7 heteroatoms. The van der Waals surface area contributed by atoms with Crippen molar-refractivity contribution in [1.29, 1.82) is 0 Å². The maximum Gasteiger partial charge on any atom is 0.319 e. The van der Waals surface area contributed by atoms with Gasteiger partial charge in [0.05, 0.1) is 6.04 Å². The van der Waals surface area contributed by atoms with Crippen LogP contribution in [-0.4, -0.2) is 30.4 Å². The van der Waals surface area contributed by atoms with Gasteiger partial charge in [-0.05, 0) is 43.3 Å². The third kappa shape index (κ3) is 4.84. The molecule has 3 N–H and O–H groups in total. The zero-order valence-electron chi connectivity index (χ0n) is 15.3. The van der Waals surface area contributed by atoms with Crippen LogP contribution in [0.25, 0.3) is 0 Å². The second kappa shape index (κ2) is 7.90. The highest BCUT2D eigenvalue weighted by Gasteiger charge is 2.31. The van der Waals surface area contributed by atoms with Gasteiger partial charge in [-0.3, -0.25) is 9.59 Å². The summed E-state index contributed by atoms with van der Waals surface area (Å²) >= 11 is 0. The Morgan fingerprint density at radius 2 is 1.56 bits per heavy atom. The van der Waals surface area contributed by atoms with Gasteiger partial charge in [0, 0.05) is 37.0 Å². The fourth-order valence-corrected chi connectivity index (χ4v) is 2.97. The number of nitrogens with zero attached hydrogens (tertiary/aromatic N) is 1. The molecule has 2 aromatic rings. The first-order valence-electron chi connectivity index (χ1n) is 8.73. The molecule has 1 unspecified atom stereocenters. The zero-order chi connectivity index (χ0) is 19.4. The lowest BCUT2D eigenvalue weighted by Crippen LogP contribution is -2.39. The van der Waals surface area contributed by atoms with E-state index in [0.717, 1.165) is 11.3 Å². The number of carbonyl (C=O) groups is 3. The molecule has 1 atom stereocenters. The Balaban J connectivity index is 1.54. The molecule has 1 aliphatic rings. The molecule has 1 fully saturated rings. The number of carbonyl (C=O) groups excluding carboxylic acids is 3. The third-order valence-electron chi connectivity index (χ3n) is 4.27. The van der Waals surface area contributed by atoms with Crippen molar-refractivity contribution in [1.82, 2.24) is 5.32 Å². The predicted molar refractivity (Wildman–Crippen MR) is 105 cm³/mol. The van der Waals surface area contributed by atoms with Gasteiger partial charge >= 0.3 is 6.03 Å². The minimum absolute atomic E-state index is 0.0104. The number of hydrogen-bond acceptors (Lipinski definition) is 3. The number of amides is 4. The molecule has 7 nitrogen and oxygen atoms in total. The van der Waals surface area contributed by atoms with E-state index in [9.17, 15) is 14.4 Å². The van der Waals surface area contributed by atoms with Gasteiger partial charge < -0.3 is 20.9 Å². The van der Waals surface area contributed by atoms with Gasteiger partial charge in [0.15, 0.2) is 0 Å². The Labute approximate surface area is 157 Å². The molecule has 1 aliphatic heterocycles. The molecule has 27 heavy (non-hydrogen) atoms. The van der Waals surface area contributed by atoms with Crippen molar-refractivity contribution >= 4 is 34.9 Å².